The molecule has 8 heteroatoms. The molecular weight excluding hydrogens is 370 g/mol. The Morgan fingerprint density at radius 1 is 1.17 bits per heavy atom. The molecule has 0 amide bonds. The summed E-state index contributed by atoms with van der Waals surface area (Å²) in [6.45, 7) is 8.69. The zero-order chi connectivity index (χ0) is 21.0. The maximum Gasteiger partial charge on any atom is 0.290 e. The van der Waals surface area contributed by atoms with E-state index in [2.05, 4.69) is 27.0 Å². The second-order valence-corrected chi connectivity index (χ2v) is 7.50. The van der Waals surface area contributed by atoms with Gasteiger partial charge in [0, 0.05) is 50.5 Å². The van der Waals surface area contributed by atoms with Crippen molar-refractivity contribution in [3.05, 3.63) is 45.9 Å². The van der Waals surface area contributed by atoms with Gasteiger partial charge in [-0.15, -0.1) is 0 Å². The van der Waals surface area contributed by atoms with E-state index < -0.39 is 6.10 Å². The van der Waals surface area contributed by atoms with Gasteiger partial charge in [0.15, 0.2) is 0 Å². The lowest BCUT2D eigenvalue weighted by molar-refractivity contribution is 0.198. The highest BCUT2D eigenvalue weighted by Crippen LogP contribution is 2.21. The molecule has 1 unspecified atom stereocenters. The highest BCUT2D eigenvalue weighted by Gasteiger charge is 2.18. The van der Waals surface area contributed by atoms with Gasteiger partial charge in [-0.3, -0.25) is 9.69 Å². The predicted molar refractivity (Wildman–Crippen MR) is 115 cm³/mol. The van der Waals surface area contributed by atoms with Crippen LogP contribution in [-0.4, -0.2) is 59.6 Å². The van der Waals surface area contributed by atoms with E-state index in [0.29, 0.717) is 17.8 Å². The molecule has 2 aromatic rings. The van der Waals surface area contributed by atoms with Crippen LogP contribution in [0.4, 0.5) is 11.4 Å². The number of methoxy groups -OCH3 is 1. The van der Waals surface area contributed by atoms with Gasteiger partial charge in [-0.25, -0.2) is 4.68 Å². The number of piperazine rings is 1. The normalized spacial score (nSPS) is 16.1. The molecule has 1 aromatic heterocycles. The zero-order valence-corrected chi connectivity index (χ0v) is 17.5. The summed E-state index contributed by atoms with van der Waals surface area (Å²) in [5.41, 5.74) is 7.95. The quantitative estimate of drug-likeness (QED) is 0.724. The topological polar surface area (TPSA) is 96.8 Å². The van der Waals surface area contributed by atoms with Gasteiger partial charge in [0.25, 0.3) is 5.56 Å². The van der Waals surface area contributed by atoms with Crippen LogP contribution in [0.25, 0.3) is 0 Å². The summed E-state index contributed by atoms with van der Waals surface area (Å²) >= 11 is 0. The molecule has 3 N–H and O–H groups in total. The Labute approximate surface area is 171 Å². The second kappa shape index (κ2) is 9.28. The van der Waals surface area contributed by atoms with Crippen molar-refractivity contribution in [1.82, 2.24) is 14.7 Å². The van der Waals surface area contributed by atoms with Gasteiger partial charge in [0.1, 0.15) is 11.4 Å². The van der Waals surface area contributed by atoms with Gasteiger partial charge < -0.3 is 20.5 Å². The van der Waals surface area contributed by atoms with E-state index in [1.54, 1.807) is 21.0 Å². The summed E-state index contributed by atoms with van der Waals surface area (Å²) in [5.74, 6) is 0.869. The Balaban J connectivity index is 1.50. The number of anilines is 2. The van der Waals surface area contributed by atoms with Crippen LogP contribution >= 0.6 is 0 Å². The van der Waals surface area contributed by atoms with Crippen LogP contribution in [-0.2, 0) is 6.54 Å². The van der Waals surface area contributed by atoms with Gasteiger partial charge in [0.2, 0.25) is 0 Å². The van der Waals surface area contributed by atoms with Gasteiger partial charge >= 0.3 is 0 Å². The van der Waals surface area contributed by atoms with Crippen molar-refractivity contribution in [2.45, 2.75) is 32.9 Å². The fraction of sp³-hybridized carbons (Fsp3) is 0.524. The molecular formula is C21H31N5O3. The molecule has 1 saturated heterocycles. The molecule has 0 spiro atoms. The standard InChI is InChI=1S/C21H31N5O3/c1-15-19(16(2)27)20(22)21(28)26(23-15)10-4-9-24-11-13-25(14-12-24)17-5-7-18(29-3)8-6-17/h5-8,16,27H,4,9-14,22H2,1-3H3. The van der Waals surface area contributed by atoms with Crippen LogP contribution in [0.3, 0.4) is 0 Å². The summed E-state index contributed by atoms with van der Waals surface area (Å²) in [4.78, 5) is 17.2. The summed E-state index contributed by atoms with van der Waals surface area (Å²) in [6, 6.07) is 8.16. The van der Waals surface area contributed by atoms with E-state index in [1.165, 1.54) is 10.4 Å². The first-order valence-electron chi connectivity index (χ1n) is 10.1. The number of aliphatic hydroxyl groups is 1. The lowest BCUT2D eigenvalue weighted by Gasteiger charge is -2.36. The fourth-order valence-electron chi connectivity index (χ4n) is 3.88. The minimum atomic E-state index is -0.799. The van der Waals surface area contributed by atoms with Crippen LogP contribution in [0.5, 0.6) is 5.75 Å². The van der Waals surface area contributed by atoms with Crippen molar-refractivity contribution in [2.75, 3.05) is 50.5 Å². The molecule has 0 radical (unpaired) electrons. The van der Waals surface area contributed by atoms with Crippen molar-refractivity contribution in [3.8, 4) is 5.75 Å². The van der Waals surface area contributed by atoms with Crippen LogP contribution in [0.15, 0.2) is 29.1 Å². The van der Waals surface area contributed by atoms with Crippen molar-refractivity contribution in [2.24, 2.45) is 0 Å². The number of benzene rings is 1. The van der Waals surface area contributed by atoms with Crippen molar-refractivity contribution in [3.63, 3.8) is 0 Å². The van der Waals surface area contributed by atoms with E-state index in [9.17, 15) is 9.90 Å². The number of nitrogens with zero attached hydrogens (tertiary/aromatic N) is 4. The van der Waals surface area contributed by atoms with Crippen LogP contribution in [0.1, 0.15) is 30.7 Å². The van der Waals surface area contributed by atoms with E-state index in [-0.39, 0.29) is 11.2 Å². The van der Waals surface area contributed by atoms with Gasteiger partial charge in [0.05, 0.1) is 18.9 Å². The van der Waals surface area contributed by atoms with Crippen LogP contribution < -0.4 is 20.9 Å². The first kappa shape index (κ1) is 21.1. The third kappa shape index (κ3) is 4.89. The molecule has 1 aliphatic rings. The molecule has 8 nitrogen and oxygen atoms in total. The molecule has 0 bridgehead atoms. The molecule has 0 saturated carbocycles. The average Bonchev–Trinajstić information content (AvgIpc) is 2.72. The van der Waals surface area contributed by atoms with E-state index in [4.69, 9.17) is 10.5 Å². The predicted octanol–water partition coefficient (Wildman–Crippen LogP) is 1.41. The SMILES string of the molecule is COc1ccc(N2CCN(CCCn3nc(C)c(C(C)O)c(N)c3=O)CC2)cc1. The maximum atomic E-state index is 12.4. The van der Waals surface area contributed by atoms with Gasteiger partial charge in [-0.2, -0.15) is 5.10 Å². The van der Waals surface area contributed by atoms with E-state index in [0.717, 1.165) is 44.9 Å². The van der Waals surface area contributed by atoms with Crippen LogP contribution in [0, 0.1) is 6.92 Å². The van der Waals surface area contributed by atoms with E-state index >= 15 is 0 Å². The minimum absolute atomic E-state index is 0.0978. The zero-order valence-electron chi connectivity index (χ0n) is 17.5. The molecule has 1 aromatic carbocycles. The monoisotopic (exact) mass is 401 g/mol. The molecule has 3 rings (SSSR count). The van der Waals surface area contributed by atoms with Crippen molar-refractivity contribution < 1.29 is 9.84 Å². The number of aromatic nitrogens is 2. The van der Waals surface area contributed by atoms with Crippen LogP contribution in [0.2, 0.25) is 0 Å². The summed E-state index contributed by atoms with van der Waals surface area (Å²) in [6.07, 6.45) is 0.0226. The molecule has 158 valence electrons. The fourth-order valence-corrected chi connectivity index (χ4v) is 3.88. The Bertz CT molecular complexity index is 871. The second-order valence-electron chi connectivity index (χ2n) is 7.50. The number of nitrogens with two attached hydrogens (primary N) is 1. The number of ether oxygens (including phenoxy) is 1. The lowest BCUT2D eigenvalue weighted by Crippen LogP contribution is -2.46. The highest BCUT2D eigenvalue weighted by atomic mass is 16.5. The number of rotatable bonds is 7. The first-order chi connectivity index (χ1) is 13.9. The average molecular weight is 402 g/mol. The Hall–Kier alpha value is -2.58. The molecule has 29 heavy (non-hydrogen) atoms. The summed E-state index contributed by atoms with van der Waals surface area (Å²) in [5, 5.41) is 14.1. The number of aliphatic hydroxyl groups excluding tert-OH is 1. The van der Waals surface area contributed by atoms with Gasteiger partial charge in [-0.1, -0.05) is 0 Å². The minimum Gasteiger partial charge on any atom is -0.497 e. The number of aryl methyl sites for hydroxylation is 2. The third-order valence-corrected chi connectivity index (χ3v) is 5.49. The largest absolute Gasteiger partial charge is 0.497 e. The smallest absolute Gasteiger partial charge is 0.290 e. The molecule has 0 aliphatic carbocycles. The Morgan fingerprint density at radius 3 is 2.41 bits per heavy atom. The highest BCUT2D eigenvalue weighted by molar-refractivity contribution is 5.49. The first-order valence-corrected chi connectivity index (χ1v) is 10.1. The Kier molecular flexibility index (Phi) is 6.76. The summed E-state index contributed by atoms with van der Waals surface area (Å²) in [7, 11) is 1.68. The number of hydrogen-bond donors (Lipinski definition) is 2. The summed E-state index contributed by atoms with van der Waals surface area (Å²) < 4.78 is 6.64. The number of nitrogen functional groups attached to an aromatic ring is 1. The van der Waals surface area contributed by atoms with Crippen molar-refractivity contribution >= 4 is 11.4 Å². The van der Waals surface area contributed by atoms with Crippen molar-refractivity contribution in [1.29, 1.82) is 0 Å². The molecule has 1 fully saturated rings. The van der Waals surface area contributed by atoms with E-state index in [1.807, 2.05) is 12.1 Å². The molecule has 1 atom stereocenters. The van der Waals surface area contributed by atoms with Gasteiger partial charge in [-0.05, 0) is 44.5 Å². The maximum absolute atomic E-state index is 12.4. The third-order valence-electron chi connectivity index (χ3n) is 5.49. The Morgan fingerprint density at radius 2 is 1.83 bits per heavy atom. The number of hydrogen-bond acceptors (Lipinski definition) is 7. The molecule has 2 heterocycles. The lowest BCUT2D eigenvalue weighted by atomic mass is 10.1. The molecule has 1 aliphatic heterocycles.